The average Bonchev–Trinajstić information content (AvgIpc) is 2.77. The van der Waals surface area contributed by atoms with Crippen LogP contribution in [0.2, 0.25) is 0 Å². The van der Waals surface area contributed by atoms with Crippen molar-refractivity contribution < 1.29 is 18.7 Å². The van der Waals surface area contributed by atoms with Crippen molar-refractivity contribution in [3.63, 3.8) is 0 Å². The maximum atomic E-state index is 13.5. The molecule has 0 amide bonds. The summed E-state index contributed by atoms with van der Waals surface area (Å²) in [6.07, 6.45) is 1.24. The Hall–Kier alpha value is -2.28. The molecule has 0 spiro atoms. The summed E-state index contributed by atoms with van der Waals surface area (Å²) >= 11 is 0. The fourth-order valence-corrected chi connectivity index (χ4v) is 1.46. The molecule has 1 aromatic carbocycles. The summed E-state index contributed by atoms with van der Waals surface area (Å²) in [5, 5.41) is 8.70. The van der Waals surface area contributed by atoms with Crippen molar-refractivity contribution in [1.29, 1.82) is 0 Å². The SMILES string of the molecule is NC(C(=O)O)c1ncc(-c2ccc(F)cc2F)[nH]1. The highest BCUT2D eigenvalue weighted by Gasteiger charge is 2.18. The molecule has 0 aliphatic carbocycles. The van der Waals surface area contributed by atoms with E-state index in [9.17, 15) is 13.6 Å². The largest absolute Gasteiger partial charge is 0.480 e. The number of rotatable bonds is 3. The number of hydrogen-bond acceptors (Lipinski definition) is 3. The number of hydrogen-bond donors (Lipinski definition) is 3. The fraction of sp³-hybridized carbons (Fsp3) is 0.0909. The Kier molecular flexibility index (Phi) is 3.07. The number of nitrogens with one attached hydrogen (secondary N) is 1. The first kappa shape index (κ1) is 12.2. The second-order valence-corrected chi connectivity index (χ2v) is 3.62. The third-order valence-corrected chi connectivity index (χ3v) is 2.38. The summed E-state index contributed by atoms with van der Waals surface area (Å²) < 4.78 is 26.2. The molecule has 0 aliphatic heterocycles. The van der Waals surface area contributed by atoms with E-state index in [2.05, 4.69) is 9.97 Å². The minimum absolute atomic E-state index is 0.00113. The average molecular weight is 253 g/mol. The highest BCUT2D eigenvalue weighted by molar-refractivity contribution is 5.74. The van der Waals surface area contributed by atoms with Crippen LogP contribution in [0.4, 0.5) is 8.78 Å². The van der Waals surface area contributed by atoms with E-state index in [0.717, 1.165) is 12.1 Å². The topological polar surface area (TPSA) is 92.0 Å². The minimum Gasteiger partial charge on any atom is -0.480 e. The molecule has 0 bridgehead atoms. The van der Waals surface area contributed by atoms with Crippen LogP contribution in [0.5, 0.6) is 0 Å². The number of benzene rings is 1. The van der Waals surface area contributed by atoms with Gasteiger partial charge in [0.15, 0.2) is 6.04 Å². The number of aliphatic carboxylic acids is 1. The van der Waals surface area contributed by atoms with Crippen LogP contribution >= 0.6 is 0 Å². The zero-order chi connectivity index (χ0) is 13.3. The zero-order valence-electron chi connectivity index (χ0n) is 9.02. The Morgan fingerprint density at radius 3 is 2.78 bits per heavy atom. The lowest BCUT2D eigenvalue weighted by atomic mass is 10.1. The van der Waals surface area contributed by atoms with Gasteiger partial charge in [-0.1, -0.05) is 0 Å². The second-order valence-electron chi connectivity index (χ2n) is 3.62. The highest BCUT2D eigenvalue weighted by Crippen LogP contribution is 2.22. The second kappa shape index (κ2) is 4.53. The van der Waals surface area contributed by atoms with Crippen LogP contribution in [-0.2, 0) is 4.79 Å². The lowest BCUT2D eigenvalue weighted by Gasteiger charge is -2.02. The molecule has 0 aliphatic rings. The molecule has 1 atom stereocenters. The van der Waals surface area contributed by atoms with E-state index in [0.29, 0.717) is 0 Å². The zero-order valence-corrected chi connectivity index (χ0v) is 9.02. The monoisotopic (exact) mass is 253 g/mol. The Balaban J connectivity index is 2.38. The van der Waals surface area contributed by atoms with E-state index in [4.69, 9.17) is 10.8 Å². The fourth-order valence-electron chi connectivity index (χ4n) is 1.46. The summed E-state index contributed by atoms with van der Waals surface area (Å²) in [5.41, 5.74) is 5.67. The van der Waals surface area contributed by atoms with E-state index in [1.165, 1.54) is 12.3 Å². The molecule has 94 valence electrons. The van der Waals surface area contributed by atoms with Crippen LogP contribution in [0.3, 0.4) is 0 Å². The summed E-state index contributed by atoms with van der Waals surface area (Å²) in [4.78, 5) is 17.0. The summed E-state index contributed by atoms with van der Waals surface area (Å²) in [6, 6.07) is 1.74. The van der Waals surface area contributed by atoms with Gasteiger partial charge in [-0.15, -0.1) is 0 Å². The molecule has 2 rings (SSSR count). The van der Waals surface area contributed by atoms with E-state index in [-0.39, 0.29) is 17.1 Å². The molecule has 7 heteroatoms. The lowest BCUT2D eigenvalue weighted by molar-refractivity contribution is -0.138. The van der Waals surface area contributed by atoms with Gasteiger partial charge in [-0.25, -0.2) is 13.8 Å². The first-order chi connectivity index (χ1) is 8.49. The third kappa shape index (κ3) is 2.21. The molecule has 1 aromatic heterocycles. The minimum atomic E-state index is -1.32. The number of nitrogens with two attached hydrogens (primary N) is 1. The smallest absolute Gasteiger partial charge is 0.328 e. The number of carboxylic acids is 1. The van der Waals surface area contributed by atoms with Gasteiger partial charge in [0.05, 0.1) is 11.9 Å². The first-order valence-electron chi connectivity index (χ1n) is 4.97. The van der Waals surface area contributed by atoms with Crippen LogP contribution in [-0.4, -0.2) is 21.0 Å². The molecule has 2 aromatic rings. The van der Waals surface area contributed by atoms with Gasteiger partial charge in [-0.3, -0.25) is 4.79 Å². The van der Waals surface area contributed by atoms with Gasteiger partial charge in [0.25, 0.3) is 0 Å². The van der Waals surface area contributed by atoms with Gasteiger partial charge in [-0.05, 0) is 12.1 Å². The highest BCUT2D eigenvalue weighted by atomic mass is 19.1. The number of aromatic amines is 1. The molecule has 4 N–H and O–H groups in total. The molecule has 0 fully saturated rings. The Morgan fingerprint density at radius 2 is 2.17 bits per heavy atom. The number of carboxylic acid groups (broad SMARTS) is 1. The van der Waals surface area contributed by atoms with Crippen molar-refractivity contribution >= 4 is 5.97 Å². The summed E-state index contributed by atoms with van der Waals surface area (Å²) in [6.45, 7) is 0. The number of imidazole rings is 1. The number of aromatic nitrogens is 2. The van der Waals surface area contributed by atoms with Crippen molar-refractivity contribution in [3.8, 4) is 11.3 Å². The molecule has 5 nitrogen and oxygen atoms in total. The van der Waals surface area contributed by atoms with Gasteiger partial charge in [-0.2, -0.15) is 0 Å². The molecule has 1 unspecified atom stereocenters. The summed E-state index contributed by atoms with van der Waals surface area (Å²) in [7, 11) is 0. The number of nitrogens with zero attached hydrogens (tertiary/aromatic N) is 1. The molecule has 0 radical (unpaired) electrons. The van der Waals surface area contributed by atoms with Gasteiger partial charge in [0.2, 0.25) is 0 Å². The van der Waals surface area contributed by atoms with E-state index in [1.54, 1.807) is 0 Å². The van der Waals surface area contributed by atoms with Gasteiger partial charge in [0, 0.05) is 11.6 Å². The van der Waals surface area contributed by atoms with Gasteiger partial charge < -0.3 is 15.8 Å². The Morgan fingerprint density at radius 1 is 1.44 bits per heavy atom. The van der Waals surface area contributed by atoms with Gasteiger partial charge in [0.1, 0.15) is 17.5 Å². The predicted molar refractivity (Wildman–Crippen MR) is 58.5 cm³/mol. The lowest BCUT2D eigenvalue weighted by Crippen LogP contribution is -2.21. The number of H-pyrrole nitrogens is 1. The van der Waals surface area contributed by atoms with Crippen LogP contribution in [0.1, 0.15) is 11.9 Å². The molecule has 0 saturated heterocycles. The third-order valence-electron chi connectivity index (χ3n) is 2.38. The van der Waals surface area contributed by atoms with Gasteiger partial charge >= 0.3 is 5.97 Å². The Bertz CT molecular complexity index is 598. The van der Waals surface area contributed by atoms with E-state index in [1.807, 2.05) is 0 Å². The maximum absolute atomic E-state index is 13.5. The standard InChI is InChI=1S/C11H9F2N3O2/c12-5-1-2-6(7(13)3-5)8-4-15-10(16-8)9(14)11(17)18/h1-4,9H,14H2,(H,15,16)(H,17,18). The van der Waals surface area contributed by atoms with Crippen LogP contribution in [0.15, 0.2) is 24.4 Å². The van der Waals surface area contributed by atoms with Crippen molar-refractivity contribution in [1.82, 2.24) is 9.97 Å². The van der Waals surface area contributed by atoms with Crippen LogP contribution < -0.4 is 5.73 Å². The van der Waals surface area contributed by atoms with Crippen LogP contribution in [0.25, 0.3) is 11.3 Å². The molecular weight excluding hydrogens is 244 g/mol. The number of halogens is 2. The molecule has 18 heavy (non-hydrogen) atoms. The maximum Gasteiger partial charge on any atom is 0.328 e. The normalized spacial score (nSPS) is 12.4. The Labute approximate surface area is 100 Å². The quantitative estimate of drug-likeness (QED) is 0.771. The van der Waals surface area contributed by atoms with Crippen LogP contribution in [0, 0.1) is 11.6 Å². The summed E-state index contributed by atoms with van der Waals surface area (Å²) in [5.74, 6) is -2.72. The molecular formula is C11H9F2N3O2. The van der Waals surface area contributed by atoms with Crippen molar-refractivity contribution in [2.24, 2.45) is 5.73 Å². The van der Waals surface area contributed by atoms with Crippen molar-refractivity contribution in [2.45, 2.75) is 6.04 Å². The van der Waals surface area contributed by atoms with Crippen molar-refractivity contribution in [2.75, 3.05) is 0 Å². The molecule has 1 heterocycles. The first-order valence-corrected chi connectivity index (χ1v) is 4.97. The van der Waals surface area contributed by atoms with E-state index >= 15 is 0 Å². The van der Waals surface area contributed by atoms with E-state index < -0.39 is 23.6 Å². The molecule has 0 saturated carbocycles. The predicted octanol–water partition coefficient (Wildman–Crippen LogP) is 1.44. The number of carbonyl (C=O) groups is 1. The van der Waals surface area contributed by atoms with Crippen molar-refractivity contribution in [3.05, 3.63) is 41.9 Å².